The summed E-state index contributed by atoms with van der Waals surface area (Å²) in [6.45, 7) is 1.82. The molecule has 6 heteroatoms. The van der Waals surface area contributed by atoms with Gasteiger partial charge in [-0.2, -0.15) is 0 Å². The summed E-state index contributed by atoms with van der Waals surface area (Å²) in [7, 11) is 0. The molecule has 1 unspecified atom stereocenters. The van der Waals surface area contributed by atoms with Crippen molar-refractivity contribution in [1.29, 1.82) is 0 Å². The molecule has 2 aromatic carbocycles. The van der Waals surface area contributed by atoms with Crippen molar-refractivity contribution in [2.24, 2.45) is 0 Å². The number of furan rings is 2. The number of benzene rings is 2. The Balaban J connectivity index is 1.55. The van der Waals surface area contributed by atoms with E-state index in [9.17, 15) is 9.59 Å². The lowest BCUT2D eigenvalue weighted by Gasteiger charge is -2.14. The Labute approximate surface area is 173 Å². The van der Waals surface area contributed by atoms with Crippen LogP contribution in [0, 0.1) is 0 Å². The molecular weight excluding hydrogens is 380 g/mol. The number of amides is 2. The molecule has 0 aliphatic carbocycles. The Bertz CT molecular complexity index is 1160. The Hall–Kier alpha value is -4.06. The van der Waals surface area contributed by atoms with E-state index in [-0.39, 0.29) is 11.6 Å². The van der Waals surface area contributed by atoms with Gasteiger partial charge >= 0.3 is 0 Å². The van der Waals surface area contributed by atoms with Crippen LogP contribution in [0.3, 0.4) is 0 Å². The maximum atomic E-state index is 13.0. The van der Waals surface area contributed by atoms with Gasteiger partial charge in [0.2, 0.25) is 0 Å². The predicted molar refractivity (Wildman–Crippen MR) is 113 cm³/mol. The van der Waals surface area contributed by atoms with Gasteiger partial charge in [-0.1, -0.05) is 36.4 Å². The fourth-order valence-electron chi connectivity index (χ4n) is 3.02. The van der Waals surface area contributed by atoms with Crippen molar-refractivity contribution >= 4 is 28.9 Å². The van der Waals surface area contributed by atoms with Crippen molar-refractivity contribution in [3.05, 3.63) is 102 Å². The molecule has 30 heavy (non-hydrogen) atoms. The lowest BCUT2D eigenvalue weighted by Crippen LogP contribution is -2.36. The highest BCUT2D eigenvalue weighted by Gasteiger charge is 2.19. The molecular formula is C24H20N2O4. The van der Waals surface area contributed by atoms with Crippen LogP contribution in [-0.4, -0.2) is 11.8 Å². The van der Waals surface area contributed by atoms with Gasteiger partial charge in [0, 0.05) is 17.0 Å². The summed E-state index contributed by atoms with van der Waals surface area (Å²) < 4.78 is 11.1. The normalized spacial score (nSPS) is 12.5. The van der Waals surface area contributed by atoms with Crippen molar-refractivity contribution in [3.8, 4) is 0 Å². The van der Waals surface area contributed by atoms with Crippen LogP contribution in [0.1, 0.15) is 34.8 Å². The quantitative estimate of drug-likeness (QED) is 0.461. The van der Waals surface area contributed by atoms with Gasteiger partial charge in [0.25, 0.3) is 11.8 Å². The van der Waals surface area contributed by atoms with Crippen LogP contribution in [0.25, 0.3) is 17.0 Å². The second-order valence-electron chi connectivity index (χ2n) is 6.78. The number of fused-ring (bicyclic) bond motifs is 1. The third kappa shape index (κ3) is 4.33. The zero-order valence-electron chi connectivity index (χ0n) is 16.3. The molecule has 2 aromatic heterocycles. The molecule has 6 nitrogen and oxygen atoms in total. The van der Waals surface area contributed by atoms with Gasteiger partial charge in [-0.15, -0.1) is 0 Å². The van der Waals surface area contributed by atoms with Crippen LogP contribution in [-0.2, 0) is 4.79 Å². The monoisotopic (exact) mass is 400 g/mol. The van der Waals surface area contributed by atoms with E-state index in [4.69, 9.17) is 8.83 Å². The molecule has 0 saturated carbocycles. The van der Waals surface area contributed by atoms with Crippen molar-refractivity contribution in [2.45, 2.75) is 13.0 Å². The number of hydrogen-bond donors (Lipinski definition) is 2. The number of carbonyl (C=O) groups is 2. The molecule has 0 saturated heterocycles. The van der Waals surface area contributed by atoms with Gasteiger partial charge in [0.15, 0.2) is 0 Å². The van der Waals surface area contributed by atoms with Gasteiger partial charge in [-0.05, 0) is 43.3 Å². The minimum Gasteiger partial charge on any atom is -0.465 e. The summed E-state index contributed by atoms with van der Waals surface area (Å²) in [5.41, 5.74) is 1.26. The lowest BCUT2D eigenvalue weighted by molar-refractivity contribution is -0.118. The maximum Gasteiger partial charge on any atom is 0.268 e. The number of rotatable bonds is 6. The summed E-state index contributed by atoms with van der Waals surface area (Å²) in [5.74, 6) is 0.227. The Morgan fingerprint density at radius 3 is 2.47 bits per heavy atom. The molecule has 1 atom stereocenters. The first-order valence-corrected chi connectivity index (χ1v) is 9.51. The molecule has 0 aliphatic heterocycles. The zero-order chi connectivity index (χ0) is 20.9. The first kappa shape index (κ1) is 19.3. The number of para-hydroxylation sites is 1. The Morgan fingerprint density at radius 2 is 1.73 bits per heavy atom. The average Bonchev–Trinajstić information content (AvgIpc) is 3.43. The van der Waals surface area contributed by atoms with Crippen molar-refractivity contribution in [2.75, 3.05) is 0 Å². The van der Waals surface area contributed by atoms with E-state index in [1.165, 1.54) is 12.3 Å². The highest BCUT2D eigenvalue weighted by atomic mass is 16.3. The van der Waals surface area contributed by atoms with Crippen LogP contribution in [0.2, 0.25) is 0 Å². The number of nitrogens with one attached hydrogen (secondary N) is 2. The molecule has 4 aromatic rings. The molecule has 0 radical (unpaired) electrons. The zero-order valence-corrected chi connectivity index (χ0v) is 16.3. The molecule has 0 bridgehead atoms. The Morgan fingerprint density at radius 1 is 0.967 bits per heavy atom. The largest absolute Gasteiger partial charge is 0.465 e. The lowest BCUT2D eigenvalue weighted by atomic mass is 10.2. The molecule has 4 rings (SSSR count). The first-order valence-electron chi connectivity index (χ1n) is 9.51. The number of hydrogen-bond acceptors (Lipinski definition) is 4. The van der Waals surface area contributed by atoms with E-state index in [1.54, 1.807) is 36.4 Å². The summed E-state index contributed by atoms with van der Waals surface area (Å²) in [5, 5.41) is 6.50. The fourth-order valence-corrected chi connectivity index (χ4v) is 3.02. The molecule has 0 fully saturated rings. The summed E-state index contributed by atoms with van der Waals surface area (Å²) in [6, 6.07) is 21.2. The first-order chi connectivity index (χ1) is 14.6. The standard InChI is InChI=1S/C24H20N2O4/c1-16(22-14-18-10-5-6-12-21(18)30-22)25-24(28)20(15-19-11-7-13-29-19)26-23(27)17-8-3-2-4-9-17/h2-16H,1H3,(H,25,28)(H,26,27)/b20-15-. The van der Waals surface area contributed by atoms with Crippen LogP contribution in [0.15, 0.2) is 93.6 Å². The van der Waals surface area contributed by atoms with Crippen molar-refractivity contribution < 1.29 is 18.4 Å². The summed E-state index contributed by atoms with van der Waals surface area (Å²) >= 11 is 0. The molecule has 2 amide bonds. The van der Waals surface area contributed by atoms with Gasteiger partial charge in [0.05, 0.1) is 12.3 Å². The minimum atomic E-state index is -0.455. The van der Waals surface area contributed by atoms with Crippen LogP contribution in [0.5, 0.6) is 0 Å². The number of carbonyl (C=O) groups excluding carboxylic acids is 2. The highest BCUT2D eigenvalue weighted by Crippen LogP contribution is 2.23. The van der Waals surface area contributed by atoms with Crippen molar-refractivity contribution in [1.82, 2.24) is 10.6 Å². The second kappa shape index (κ2) is 8.53. The average molecular weight is 400 g/mol. The summed E-state index contributed by atoms with van der Waals surface area (Å²) in [6.07, 6.45) is 2.99. The van der Waals surface area contributed by atoms with Crippen LogP contribution in [0.4, 0.5) is 0 Å². The Kier molecular flexibility index (Phi) is 5.48. The van der Waals surface area contributed by atoms with Crippen LogP contribution >= 0.6 is 0 Å². The van der Waals surface area contributed by atoms with Crippen LogP contribution < -0.4 is 10.6 Å². The SMILES string of the molecule is CC(NC(=O)/C(=C/c1ccco1)NC(=O)c1ccccc1)c1cc2ccccc2o1. The van der Waals surface area contributed by atoms with Gasteiger partial charge < -0.3 is 19.5 Å². The van der Waals surface area contributed by atoms with E-state index in [2.05, 4.69) is 10.6 Å². The highest BCUT2D eigenvalue weighted by molar-refractivity contribution is 6.05. The van der Waals surface area contributed by atoms with E-state index < -0.39 is 11.9 Å². The predicted octanol–water partition coefficient (Wildman–Crippen LogP) is 4.67. The molecule has 0 spiro atoms. The van der Waals surface area contributed by atoms with E-state index in [0.29, 0.717) is 17.1 Å². The van der Waals surface area contributed by atoms with Gasteiger partial charge in [-0.3, -0.25) is 9.59 Å². The van der Waals surface area contributed by atoms with Gasteiger partial charge in [-0.25, -0.2) is 0 Å². The molecule has 2 heterocycles. The second-order valence-corrected chi connectivity index (χ2v) is 6.78. The van der Waals surface area contributed by atoms with E-state index in [0.717, 1.165) is 11.0 Å². The smallest absolute Gasteiger partial charge is 0.268 e. The third-order valence-corrected chi connectivity index (χ3v) is 4.58. The van der Waals surface area contributed by atoms with E-state index >= 15 is 0 Å². The summed E-state index contributed by atoms with van der Waals surface area (Å²) in [4.78, 5) is 25.5. The minimum absolute atomic E-state index is 0.0711. The molecule has 150 valence electrons. The van der Waals surface area contributed by atoms with Crippen molar-refractivity contribution in [3.63, 3.8) is 0 Å². The molecule has 2 N–H and O–H groups in total. The topological polar surface area (TPSA) is 84.5 Å². The third-order valence-electron chi connectivity index (χ3n) is 4.58. The van der Waals surface area contributed by atoms with Gasteiger partial charge in [0.1, 0.15) is 22.8 Å². The molecule has 0 aliphatic rings. The van der Waals surface area contributed by atoms with E-state index in [1.807, 2.05) is 43.3 Å². The fraction of sp³-hybridized carbons (Fsp3) is 0.0833. The maximum absolute atomic E-state index is 13.0.